The highest BCUT2D eigenvalue weighted by molar-refractivity contribution is 9.10. The average Bonchev–Trinajstić information content (AvgIpc) is 2.68. The molecule has 0 bridgehead atoms. The smallest absolute Gasteiger partial charge is 0.294 e. The van der Waals surface area contributed by atoms with E-state index in [9.17, 15) is 24.5 Å². The van der Waals surface area contributed by atoms with Crippen LogP contribution in [0.25, 0.3) is 6.08 Å². The number of nitro benzene ring substituents is 1. The van der Waals surface area contributed by atoms with E-state index >= 15 is 0 Å². The molecule has 0 radical (unpaired) electrons. The topological polar surface area (TPSA) is 124 Å². The quantitative estimate of drug-likeness (QED) is 0.479. The Balaban J connectivity index is 2.33. The van der Waals surface area contributed by atoms with Gasteiger partial charge in [-0.2, -0.15) is 0 Å². The van der Waals surface area contributed by atoms with Crippen molar-refractivity contribution in [3.63, 3.8) is 0 Å². The number of nitro groups is 1. The Labute approximate surface area is 136 Å². The summed E-state index contributed by atoms with van der Waals surface area (Å²) in [7, 11) is 0. The molecule has 0 aromatic heterocycles. The molecule has 1 fully saturated rings. The molecule has 1 aromatic carbocycles. The minimum absolute atomic E-state index is 0.0721. The zero-order valence-electron chi connectivity index (χ0n) is 10.8. The number of amides is 3. The van der Waals surface area contributed by atoms with Crippen LogP contribution in [0.4, 0.5) is 10.5 Å². The highest BCUT2D eigenvalue weighted by atomic mass is 79.9. The lowest BCUT2D eigenvalue weighted by atomic mass is 10.2. The Morgan fingerprint density at radius 3 is 2.73 bits per heavy atom. The van der Waals surface area contributed by atoms with Gasteiger partial charge in [0.05, 0.1) is 14.3 Å². The maximum atomic E-state index is 12.0. The summed E-state index contributed by atoms with van der Waals surface area (Å²) >= 11 is 3.70. The number of nitrogens with two attached hydrogens (primary N) is 1. The Morgan fingerprint density at radius 2 is 2.14 bits per heavy atom. The van der Waals surface area contributed by atoms with Gasteiger partial charge < -0.3 is 5.73 Å². The van der Waals surface area contributed by atoms with Crippen LogP contribution in [-0.2, 0) is 9.59 Å². The Morgan fingerprint density at radius 1 is 1.45 bits per heavy atom. The van der Waals surface area contributed by atoms with Crippen molar-refractivity contribution < 1.29 is 19.3 Å². The second-order valence-electron chi connectivity index (χ2n) is 4.20. The number of primary amides is 1. The lowest BCUT2D eigenvalue weighted by Crippen LogP contribution is -2.36. The van der Waals surface area contributed by atoms with E-state index in [1.807, 2.05) is 0 Å². The minimum Gasteiger partial charge on any atom is -0.368 e. The van der Waals surface area contributed by atoms with E-state index in [4.69, 9.17) is 5.73 Å². The van der Waals surface area contributed by atoms with E-state index in [2.05, 4.69) is 15.9 Å². The van der Waals surface area contributed by atoms with Crippen LogP contribution in [0.5, 0.6) is 0 Å². The third-order valence-electron chi connectivity index (χ3n) is 2.65. The Hall–Kier alpha value is -2.20. The monoisotopic (exact) mass is 385 g/mol. The second-order valence-corrected chi connectivity index (χ2v) is 6.05. The number of thioether (sulfide) groups is 1. The Kier molecular flexibility index (Phi) is 4.62. The maximum absolute atomic E-state index is 12.0. The van der Waals surface area contributed by atoms with Crippen molar-refractivity contribution in [1.29, 1.82) is 0 Å². The van der Waals surface area contributed by atoms with Gasteiger partial charge in [-0.3, -0.25) is 29.4 Å². The molecular formula is C12H8BrN3O5S. The van der Waals surface area contributed by atoms with Gasteiger partial charge in [0.25, 0.3) is 16.8 Å². The lowest BCUT2D eigenvalue weighted by Gasteiger charge is -2.08. The summed E-state index contributed by atoms with van der Waals surface area (Å²) < 4.78 is 0.302. The number of imide groups is 1. The number of benzene rings is 1. The van der Waals surface area contributed by atoms with E-state index in [1.54, 1.807) is 6.07 Å². The maximum Gasteiger partial charge on any atom is 0.294 e. The number of hydrogen-bond donors (Lipinski definition) is 1. The normalized spacial score (nSPS) is 16.4. The van der Waals surface area contributed by atoms with Gasteiger partial charge in [-0.15, -0.1) is 0 Å². The first-order chi connectivity index (χ1) is 10.3. The highest BCUT2D eigenvalue weighted by Gasteiger charge is 2.35. The van der Waals surface area contributed by atoms with Gasteiger partial charge in [0.2, 0.25) is 5.91 Å². The van der Waals surface area contributed by atoms with Crippen LogP contribution in [0.15, 0.2) is 27.6 Å². The molecule has 0 saturated carbocycles. The summed E-state index contributed by atoms with van der Waals surface area (Å²) in [5.41, 5.74) is 5.20. The number of hydrogen-bond acceptors (Lipinski definition) is 6. The third kappa shape index (κ3) is 3.34. The van der Waals surface area contributed by atoms with Crippen LogP contribution < -0.4 is 5.73 Å². The van der Waals surface area contributed by atoms with Crippen molar-refractivity contribution in [2.24, 2.45) is 5.73 Å². The van der Waals surface area contributed by atoms with Gasteiger partial charge in [0.1, 0.15) is 6.54 Å². The van der Waals surface area contributed by atoms with Crippen LogP contribution in [-0.4, -0.2) is 33.4 Å². The van der Waals surface area contributed by atoms with Gasteiger partial charge in [0, 0.05) is 6.07 Å². The SMILES string of the molecule is NC(=O)CN1C(=O)S/C(=C\c2ccc(Br)c([N+](=O)[O-])c2)C1=O. The molecule has 1 aliphatic heterocycles. The molecule has 0 atom stereocenters. The van der Waals surface area contributed by atoms with Gasteiger partial charge >= 0.3 is 0 Å². The van der Waals surface area contributed by atoms with Crippen LogP contribution in [0, 0.1) is 10.1 Å². The van der Waals surface area contributed by atoms with Gasteiger partial charge in [0.15, 0.2) is 0 Å². The molecule has 3 amide bonds. The summed E-state index contributed by atoms with van der Waals surface area (Å²) in [4.78, 5) is 45.6. The minimum atomic E-state index is -0.803. The first-order valence-electron chi connectivity index (χ1n) is 5.77. The van der Waals surface area contributed by atoms with E-state index in [1.165, 1.54) is 18.2 Å². The van der Waals surface area contributed by atoms with Crippen molar-refractivity contribution in [2.75, 3.05) is 6.54 Å². The Bertz CT molecular complexity index is 733. The molecule has 2 N–H and O–H groups in total. The van der Waals surface area contributed by atoms with Gasteiger partial charge in [-0.1, -0.05) is 6.07 Å². The fourth-order valence-corrected chi connectivity index (χ4v) is 2.93. The molecule has 114 valence electrons. The molecule has 1 aromatic rings. The summed E-state index contributed by atoms with van der Waals surface area (Å²) in [6, 6.07) is 4.29. The molecule has 0 unspecified atom stereocenters. The van der Waals surface area contributed by atoms with E-state index < -0.39 is 28.5 Å². The van der Waals surface area contributed by atoms with E-state index in [0.717, 1.165) is 4.90 Å². The lowest BCUT2D eigenvalue weighted by molar-refractivity contribution is -0.385. The molecule has 1 aliphatic rings. The van der Waals surface area contributed by atoms with Gasteiger partial charge in [-0.25, -0.2) is 0 Å². The van der Waals surface area contributed by atoms with Crippen LogP contribution >= 0.6 is 27.7 Å². The number of carbonyl (C=O) groups excluding carboxylic acids is 3. The molecule has 22 heavy (non-hydrogen) atoms. The van der Waals surface area contributed by atoms with Crippen LogP contribution in [0.1, 0.15) is 5.56 Å². The zero-order valence-corrected chi connectivity index (χ0v) is 13.2. The molecule has 1 saturated heterocycles. The first-order valence-corrected chi connectivity index (χ1v) is 7.38. The van der Waals surface area contributed by atoms with E-state index in [-0.39, 0.29) is 10.6 Å². The van der Waals surface area contributed by atoms with Crippen LogP contribution in [0.2, 0.25) is 0 Å². The fraction of sp³-hybridized carbons (Fsp3) is 0.0833. The van der Waals surface area contributed by atoms with Crippen molar-refractivity contribution >= 4 is 56.5 Å². The third-order valence-corrected chi connectivity index (χ3v) is 4.23. The predicted octanol–water partition coefficient (Wildman–Crippen LogP) is 1.88. The van der Waals surface area contributed by atoms with Gasteiger partial charge in [-0.05, 0) is 45.4 Å². The number of carbonyl (C=O) groups is 3. The zero-order chi connectivity index (χ0) is 16.4. The van der Waals surface area contributed by atoms with Crippen molar-refractivity contribution in [1.82, 2.24) is 4.90 Å². The number of nitrogens with zero attached hydrogens (tertiary/aromatic N) is 2. The summed E-state index contributed by atoms with van der Waals surface area (Å²) in [6.07, 6.45) is 1.35. The number of halogens is 1. The predicted molar refractivity (Wildman–Crippen MR) is 82.7 cm³/mol. The van der Waals surface area contributed by atoms with Crippen molar-refractivity contribution in [3.05, 3.63) is 43.3 Å². The van der Waals surface area contributed by atoms with Crippen molar-refractivity contribution in [2.45, 2.75) is 0 Å². The molecular weight excluding hydrogens is 378 g/mol. The average molecular weight is 386 g/mol. The molecule has 1 heterocycles. The fourth-order valence-electron chi connectivity index (χ4n) is 1.70. The summed E-state index contributed by atoms with van der Waals surface area (Å²) in [5.74, 6) is -1.46. The van der Waals surface area contributed by atoms with Crippen LogP contribution in [0.3, 0.4) is 0 Å². The molecule has 8 nitrogen and oxygen atoms in total. The first kappa shape index (κ1) is 16.2. The van der Waals surface area contributed by atoms with E-state index in [0.29, 0.717) is 21.8 Å². The molecule has 0 aliphatic carbocycles. The largest absolute Gasteiger partial charge is 0.368 e. The molecule has 2 rings (SSSR count). The number of rotatable bonds is 4. The van der Waals surface area contributed by atoms with Crippen molar-refractivity contribution in [3.8, 4) is 0 Å². The second kappa shape index (κ2) is 6.28. The molecule has 0 spiro atoms. The molecule has 10 heteroatoms. The summed E-state index contributed by atoms with van der Waals surface area (Å²) in [5, 5.41) is 10.3. The summed E-state index contributed by atoms with van der Waals surface area (Å²) in [6.45, 7) is -0.498. The standard InChI is InChI=1S/C12H8BrN3O5S/c13-7-2-1-6(3-8(7)16(20)21)4-9-11(18)15(5-10(14)17)12(19)22-9/h1-4H,5H2,(H2,14,17)/b9-4-. The highest BCUT2D eigenvalue weighted by Crippen LogP contribution is 2.33.